The lowest BCUT2D eigenvalue weighted by molar-refractivity contribution is 0.349. The van der Waals surface area contributed by atoms with Crippen molar-refractivity contribution in [3.8, 4) is 11.6 Å². The summed E-state index contributed by atoms with van der Waals surface area (Å²) in [6.07, 6.45) is 2.42. The van der Waals surface area contributed by atoms with Gasteiger partial charge in [-0.15, -0.1) is 0 Å². The lowest BCUT2D eigenvalue weighted by Crippen LogP contribution is -2.36. The molecule has 0 aliphatic heterocycles. The van der Waals surface area contributed by atoms with Gasteiger partial charge in [-0.1, -0.05) is 25.9 Å². The van der Waals surface area contributed by atoms with Crippen LogP contribution >= 0.6 is 0 Å². The van der Waals surface area contributed by atoms with E-state index in [2.05, 4.69) is 22.2 Å². The van der Waals surface area contributed by atoms with E-state index in [-0.39, 0.29) is 0 Å². The van der Waals surface area contributed by atoms with Crippen LogP contribution in [0.25, 0.3) is 11.6 Å². The molecule has 2 heterocycles. The minimum absolute atomic E-state index is 0.474. The van der Waals surface area contributed by atoms with Gasteiger partial charge in [0.2, 0.25) is 0 Å². The topological polar surface area (TPSA) is 82.8 Å². The van der Waals surface area contributed by atoms with Gasteiger partial charge >= 0.3 is 0 Å². The van der Waals surface area contributed by atoms with E-state index in [1.54, 1.807) is 4.68 Å². The summed E-state index contributed by atoms with van der Waals surface area (Å²) in [5.74, 6) is 1.04. The Kier molecular flexibility index (Phi) is 3.71. The molecule has 0 saturated heterocycles. The highest BCUT2D eigenvalue weighted by Gasteiger charge is 2.29. The van der Waals surface area contributed by atoms with Gasteiger partial charge < -0.3 is 10.3 Å². The number of aromatic nitrogens is 4. The van der Waals surface area contributed by atoms with Crippen molar-refractivity contribution in [1.29, 1.82) is 0 Å². The molecular weight excluding hydrogens is 242 g/mol. The number of hydrogen-bond acceptors (Lipinski definition) is 5. The molecule has 0 aromatic carbocycles. The van der Waals surface area contributed by atoms with Gasteiger partial charge in [0.1, 0.15) is 5.69 Å². The van der Waals surface area contributed by atoms with Crippen molar-refractivity contribution in [2.45, 2.75) is 45.6 Å². The molecule has 0 aliphatic carbocycles. The van der Waals surface area contributed by atoms with Crippen LogP contribution in [0.2, 0.25) is 0 Å². The lowest BCUT2D eigenvalue weighted by atomic mass is 9.93. The number of nitrogens with zero attached hydrogens (tertiary/aromatic N) is 4. The van der Waals surface area contributed by atoms with Crippen molar-refractivity contribution in [3.05, 3.63) is 17.6 Å². The number of hydrogen-bond donors (Lipinski definition) is 1. The predicted octanol–water partition coefficient (Wildman–Crippen LogP) is 2.01. The minimum Gasteiger partial charge on any atom is -0.332 e. The lowest BCUT2D eigenvalue weighted by Gasteiger charge is -2.21. The van der Waals surface area contributed by atoms with Crippen molar-refractivity contribution < 1.29 is 4.52 Å². The molecule has 0 bridgehead atoms. The molecule has 0 aliphatic rings. The summed E-state index contributed by atoms with van der Waals surface area (Å²) >= 11 is 0. The Balaban J connectivity index is 2.37. The second kappa shape index (κ2) is 5.13. The molecular formula is C13H21N5O. The molecule has 0 saturated carbocycles. The molecule has 0 unspecified atom stereocenters. The average Bonchev–Trinajstić information content (AvgIpc) is 3.04. The first-order valence-corrected chi connectivity index (χ1v) is 6.70. The van der Waals surface area contributed by atoms with Crippen molar-refractivity contribution >= 4 is 0 Å². The van der Waals surface area contributed by atoms with Gasteiger partial charge in [-0.3, -0.25) is 4.68 Å². The van der Waals surface area contributed by atoms with Gasteiger partial charge in [0.15, 0.2) is 5.82 Å². The average molecular weight is 263 g/mol. The van der Waals surface area contributed by atoms with Crippen LogP contribution in [0.4, 0.5) is 0 Å². The monoisotopic (exact) mass is 263 g/mol. The summed E-state index contributed by atoms with van der Waals surface area (Å²) < 4.78 is 7.09. The largest absolute Gasteiger partial charge is 0.332 e. The molecule has 2 rings (SSSR count). The number of aryl methyl sites for hydroxylation is 2. The third-order valence-corrected chi connectivity index (χ3v) is 3.64. The van der Waals surface area contributed by atoms with Crippen LogP contribution < -0.4 is 5.73 Å². The Hall–Kier alpha value is -1.69. The minimum atomic E-state index is -0.520. The Labute approximate surface area is 113 Å². The normalized spacial score (nSPS) is 12.1. The van der Waals surface area contributed by atoms with Crippen molar-refractivity contribution in [1.82, 2.24) is 19.9 Å². The maximum atomic E-state index is 6.27. The third kappa shape index (κ3) is 2.40. The van der Waals surface area contributed by atoms with Crippen molar-refractivity contribution in [2.75, 3.05) is 0 Å². The highest BCUT2D eigenvalue weighted by molar-refractivity contribution is 5.48. The summed E-state index contributed by atoms with van der Waals surface area (Å²) in [5, 5.41) is 8.41. The maximum absolute atomic E-state index is 6.27. The Bertz CT molecular complexity index is 553. The fourth-order valence-corrected chi connectivity index (χ4v) is 2.00. The van der Waals surface area contributed by atoms with Crippen LogP contribution in [-0.2, 0) is 19.0 Å². The Morgan fingerprint density at radius 2 is 2.00 bits per heavy atom. The number of rotatable bonds is 5. The molecule has 2 N–H and O–H groups in total. The first-order valence-electron chi connectivity index (χ1n) is 6.70. The quantitative estimate of drug-likeness (QED) is 0.892. The second-order valence-electron chi connectivity index (χ2n) is 4.78. The zero-order valence-electron chi connectivity index (χ0n) is 12.0. The van der Waals surface area contributed by atoms with Crippen molar-refractivity contribution in [2.24, 2.45) is 12.8 Å². The van der Waals surface area contributed by atoms with Crippen LogP contribution in [0.1, 0.15) is 45.1 Å². The SMILES string of the molecule is CCc1cc(-c2nc(C(N)(CC)CC)no2)n(C)n1. The summed E-state index contributed by atoms with van der Waals surface area (Å²) in [7, 11) is 1.87. The zero-order valence-corrected chi connectivity index (χ0v) is 12.0. The third-order valence-electron chi connectivity index (χ3n) is 3.64. The fourth-order valence-electron chi connectivity index (χ4n) is 2.00. The summed E-state index contributed by atoms with van der Waals surface area (Å²) in [6.45, 7) is 6.11. The molecule has 0 fully saturated rings. The molecule has 6 heteroatoms. The van der Waals surface area contributed by atoms with E-state index in [1.807, 2.05) is 27.0 Å². The molecule has 19 heavy (non-hydrogen) atoms. The van der Waals surface area contributed by atoms with Gasteiger partial charge in [0.05, 0.1) is 11.2 Å². The van der Waals surface area contributed by atoms with E-state index < -0.39 is 5.54 Å². The van der Waals surface area contributed by atoms with Gasteiger partial charge in [-0.2, -0.15) is 10.1 Å². The van der Waals surface area contributed by atoms with E-state index in [4.69, 9.17) is 10.3 Å². The van der Waals surface area contributed by atoms with Gasteiger partial charge in [-0.05, 0) is 25.3 Å². The predicted molar refractivity (Wildman–Crippen MR) is 72.3 cm³/mol. The first kappa shape index (κ1) is 13.7. The first-order chi connectivity index (χ1) is 9.04. The molecule has 0 radical (unpaired) electrons. The van der Waals surface area contributed by atoms with Crippen LogP contribution in [0.5, 0.6) is 0 Å². The van der Waals surface area contributed by atoms with E-state index in [9.17, 15) is 0 Å². The van der Waals surface area contributed by atoms with Gasteiger partial charge in [0, 0.05) is 7.05 Å². The van der Waals surface area contributed by atoms with E-state index in [0.29, 0.717) is 11.7 Å². The van der Waals surface area contributed by atoms with Crippen LogP contribution in [-0.4, -0.2) is 19.9 Å². The van der Waals surface area contributed by atoms with Gasteiger partial charge in [-0.25, -0.2) is 0 Å². The van der Waals surface area contributed by atoms with E-state index in [0.717, 1.165) is 30.7 Å². The van der Waals surface area contributed by atoms with Crippen molar-refractivity contribution in [3.63, 3.8) is 0 Å². The fraction of sp³-hybridized carbons (Fsp3) is 0.615. The smallest absolute Gasteiger partial charge is 0.276 e. The second-order valence-corrected chi connectivity index (χ2v) is 4.78. The van der Waals surface area contributed by atoms with Crippen LogP contribution in [0.3, 0.4) is 0 Å². The van der Waals surface area contributed by atoms with Crippen LogP contribution in [0, 0.1) is 0 Å². The number of nitrogens with two attached hydrogens (primary N) is 1. The van der Waals surface area contributed by atoms with E-state index >= 15 is 0 Å². The molecule has 0 spiro atoms. The standard InChI is InChI=1S/C13H21N5O/c1-5-9-8-10(18(4)16-9)11-15-12(17-19-11)13(14,6-2)7-3/h8H,5-7,14H2,1-4H3. The van der Waals surface area contributed by atoms with Gasteiger partial charge in [0.25, 0.3) is 5.89 Å². The zero-order chi connectivity index (χ0) is 14.0. The summed E-state index contributed by atoms with van der Waals surface area (Å²) in [5.41, 5.74) is 7.58. The Morgan fingerprint density at radius 1 is 1.32 bits per heavy atom. The molecule has 2 aromatic rings. The molecule has 6 nitrogen and oxygen atoms in total. The highest BCUT2D eigenvalue weighted by atomic mass is 16.5. The molecule has 2 aromatic heterocycles. The van der Waals surface area contributed by atoms with E-state index in [1.165, 1.54) is 0 Å². The molecule has 0 atom stereocenters. The highest BCUT2D eigenvalue weighted by Crippen LogP contribution is 2.26. The summed E-state index contributed by atoms with van der Waals surface area (Å²) in [6, 6.07) is 1.97. The molecule has 104 valence electrons. The maximum Gasteiger partial charge on any atom is 0.276 e. The molecule has 0 amide bonds. The summed E-state index contributed by atoms with van der Waals surface area (Å²) in [4.78, 5) is 4.44. The Morgan fingerprint density at radius 3 is 2.53 bits per heavy atom. The van der Waals surface area contributed by atoms with Crippen LogP contribution in [0.15, 0.2) is 10.6 Å².